The number of hydrogen-bond acceptors (Lipinski definition) is 4. The second-order valence-corrected chi connectivity index (χ2v) is 9.69. The highest BCUT2D eigenvalue weighted by molar-refractivity contribution is 6.02. The van der Waals surface area contributed by atoms with Crippen LogP contribution in [0.15, 0.2) is 48.5 Å². The topological polar surface area (TPSA) is 55.9 Å². The molecule has 0 radical (unpaired) electrons. The SMILES string of the molecule is CN1CCN(c2ccc(NC(=O)C3CCCCC3C(=O)N3CCc4ccccc43)cc2)CC1. The maximum absolute atomic E-state index is 13.5. The number of anilines is 3. The lowest BCUT2D eigenvalue weighted by Gasteiger charge is -2.34. The van der Waals surface area contributed by atoms with Gasteiger partial charge in [-0.05, 0) is 62.2 Å². The molecule has 33 heavy (non-hydrogen) atoms. The molecule has 2 aliphatic heterocycles. The van der Waals surface area contributed by atoms with Crippen LogP contribution in [0, 0.1) is 11.8 Å². The van der Waals surface area contributed by atoms with Gasteiger partial charge in [0.05, 0.1) is 5.92 Å². The molecule has 2 heterocycles. The molecule has 0 spiro atoms. The third-order valence-electron chi connectivity index (χ3n) is 7.58. The summed E-state index contributed by atoms with van der Waals surface area (Å²) >= 11 is 0. The molecular weight excluding hydrogens is 412 g/mol. The minimum absolute atomic E-state index is 0.0205. The van der Waals surface area contributed by atoms with Gasteiger partial charge in [-0.1, -0.05) is 31.0 Å². The predicted molar refractivity (Wildman–Crippen MR) is 133 cm³/mol. The molecule has 6 heteroatoms. The molecule has 2 atom stereocenters. The number of rotatable bonds is 4. The van der Waals surface area contributed by atoms with E-state index >= 15 is 0 Å². The van der Waals surface area contributed by atoms with Crippen LogP contribution in [0.3, 0.4) is 0 Å². The summed E-state index contributed by atoms with van der Waals surface area (Å²) in [7, 11) is 2.15. The van der Waals surface area contributed by atoms with Crippen molar-refractivity contribution in [2.24, 2.45) is 11.8 Å². The number of para-hydroxylation sites is 1. The van der Waals surface area contributed by atoms with E-state index in [2.05, 4.69) is 40.4 Å². The van der Waals surface area contributed by atoms with Crippen molar-refractivity contribution in [3.63, 3.8) is 0 Å². The van der Waals surface area contributed by atoms with E-state index in [9.17, 15) is 9.59 Å². The fourth-order valence-corrected chi connectivity index (χ4v) is 5.56. The lowest BCUT2D eigenvalue weighted by molar-refractivity contribution is -0.132. The van der Waals surface area contributed by atoms with Crippen LogP contribution in [-0.2, 0) is 16.0 Å². The lowest BCUT2D eigenvalue weighted by atomic mass is 9.77. The van der Waals surface area contributed by atoms with Gasteiger partial charge in [0.2, 0.25) is 11.8 Å². The zero-order chi connectivity index (χ0) is 22.8. The van der Waals surface area contributed by atoms with Crippen LogP contribution in [-0.4, -0.2) is 56.5 Å². The van der Waals surface area contributed by atoms with Gasteiger partial charge in [-0.15, -0.1) is 0 Å². The fraction of sp³-hybridized carbons (Fsp3) is 0.481. The smallest absolute Gasteiger partial charge is 0.230 e. The van der Waals surface area contributed by atoms with Gasteiger partial charge in [0.1, 0.15) is 0 Å². The summed E-state index contributed by atoms with van der Waals surface area (Å²) in [6.07, 6.45) is 4.47. The maximum atomic E-state index is 13.5. The van der Waals surface area contributed by atoms with Gasteiger partial charge in [-0.25, -0.2) is 0 Å². The highest BCUT2D eigenvalue weighted by Gasteiger charge is 2.39. The molecule has 2 fully saturated rings. The van der Waals surface area contributed by atoms with Crippen molar-refractivity contribution < 1.29 is 9.59 Å². The van der Waals surface area contributed by atoms with E-state index in [1.54, 1.807) is 0 Å². The summed E-state index contributed by atoms with van der Waals surface area (Å²) in [5.74, 6) is -0.413. The van der Waals surface area contributed by atoms with Crippen molar-refractivity contribution >= 4 is 28.9 Å². The van der Waals surface area contributed by atoms with Crippen molar-refractivity contribution in [1.82, 2.24) is 4.90 Å². The summed E-state index contributed by atoms with van der Waals surface area (Å²) in [5, 5.41) is 3.11. The molecule has 2 unspecified atom stereocenters. The number of carbonyl (C=O) groups is 2. The van der Waals surface area contributed by atoms with Crippen LogP contribution in [0.5, 0.6) is 0 Å². The number of carbonyl (C=O) groups excluding carboxylic acids is 2. The van der Waals surface area contributed by atoms with Gasteiger partial charge in [0.15, 0.2) is 0 Å². The number of amides is 2. The van der Waals surface area contributed by atoms with Crippen molar-refractivity contribution in [2.75, 3.05) is 54.9 Å². The number of benzene rings is 2. The number of likely N-dealkylation sites (N-methyl/N-ethyl adjacent to an activating group) is 1. The average Bonchev–Trinajstić information content (AvgIpc) is 3.29. The summed E-state index contributed by atoms with van der Waals surface area (Å²) in [5.41, 5.74) is 4.25. The zero-order valence-corrected chi connectivity index (χ0v) is 19.5. The quantitative estimate of drug-likeness (QED) is 0.777. The molecule has 1 saturated heterocycles. The second kappa shape index (κ2) is 9.56. The monoisotopic (exact) mass is 446 g/mol. The Kier molecular flexibility index (Phi) is 6.36. The molecule has 2 aromatic carbocycles. The Balaban J connectivity index is 1.25. The molecule has 5 rings (SSSR count). The summed E-state index contributed by atoms with van der Waals surface area (Å²) in [6, 6.07) is 16.3. The summed E-state index contributed by atoms with van der Waals surface area (Å²) < 4.78 is 0. The van der Waals surface area contributed by atoms with Crippen LogP contribution in [0.25, 0.3) is 0 Å². The normalized spacial score (nSPS) is 23.3. The molecule has 0 aromatic heterocycles. The number of fused-ring (bicyclic) bond motifs is 1. The fourth-order valence-electron chi connectivity index (χ4n) is 5.56. The van der Waals surface area contributed by atoms with E-state index < -0.39 is 0 Å². The minimum atomic E-state index is -0.267. The maximum Gasteiger partial charge on any atom is 0.230 e. The Labute approximate surface area is 196 Å². The highest BCUT2D eigenvalue weighted by Crippen LogP contribution is 2.36. The molecule has 0 bridgehead atoms. The van der Waals surface area contributed by atoms with E-state index in [0.29, 0.717) is 0 Å². The van der Waals surface area contributed by atoms with E-state index in [-0.39, 0.29) is 23.7 Å². The van der Waals surface area contributed by atoms with E-state index in [1.165, 1.54) is 11.3 Å². The molecule has 1 N–H and O–H groups in total. The first kappa shape index (κ1) is 22.0. The standard InChI is InChI=1S/C27H34N4O2/c1-29-16-18-30(19-17-29)22-12-10-21(11-13-22)28-26(32)23-7-3-4-8-24(23)27(33)31-15-14-20-6-2-5-9-25(20)31/h2,5-6,9-13,23-24H,3-4,7-8,14-19H2,1H3,(H,28,32). The van der Waals surface area contributed by atoms with Crippen molar-refractivity contribution in [2.45, 2.75) is 32.1 Å². The first-order valence-corrected chi connectivity index (χ1v) is 12.3. The Hall–Kier alpha value is -2.86. The Morgan fingerprint density at radius 1 is 0.848 bits per heavy atom. The third kappa shape index (κ3) is 4.62. The Morgan fingerprint density at radius 2 is 1.55 bits per heavy atom. The molecule has 3 aliphatic rings. The summed E-state index contributed by atoms with van der Waals surface area (Å²) in [6.45, 7) is 4.90. The van der Waals surface area contributed by atoms with Crippen LogP contribution in [0.1, 0.15) is 31.2 Å². The van der Waals surface area contributed by atoms with Gasteiger partial charge in [0.25, 0.3) is 0 Å². The Bertz CT molecular complexity index is 997. The number of hydrogen-bond donors (Lipinski definition) is 1. The van der Waals surface area contributed by atoms with Crippen molar-refractivity contribution in [3.8, 4) is 0 Å². The molecular formula is C27H34N4O2. The zero-order valence-electron chi connectivity index (χ0n) is 19.5. The lowest BCUT2D eigenvalue weighted by Crippen LogP contribution is -2.44. The van der Waals surface area contributed by atoms with E-state index in [4.69, 9.17) is 0 Å². The van der Waals surface area contributed by atoms with Gasteiger partial charge >= 0.3 is 0 Å². The first-order valence-electron chi connectivity index (χ1n) is 12.3. The average molecular weight is 447 g/mol. The molecule has 1 saturated carbocycles. The molecule has 174 valence electrons. The van der Waals surface area contributed by atoms with Gasteiger partial charge in [-0.3, -0.25) is 9.59 Å². The van der Waals surface area contributed by atoms with Gasteiger partial charge in [0, 0.05) is 55.7 Å². The molecule has 6 nitrogen and oxygen atoms in total. The molecule has 1 aliphatic carbocycles. The van der Waals surface area contributed by atoms with Crippen LogP contribution in [0.4, 0.5) is 17.1 Å². The van der Waals surface area contributed by atoms with Gasteiger partial charge < -0.3 is 20.0 Å². The van der Waals surface area contributed by atoms with Crippen LogP contribution < -0.4 is 15.1 Å². The first-order chi connectivity index (χ1) is 16.1. The number of nitrogens with one attached hydrogen (secondary N) is 1. The third-order valence-corrected chi connectivity index (χ3v) is 7.58. The number of nitrogens with zero attached hydrogens (tertiary/aromatic N) is 3. The van der Waals surface area contributed by atoms with E-state index in [0.717, 1.165) is 76.2 Å². The van der Waals surface area contributed by atoms with Crippen LogP contribution in [0.2, 0.25) is 0 Å². The highest BCUT2D eigenvalue weighted by atomic mass is 16.2. The Morgan fingerprint density at radius 3 is 2.30 bits per heavy atom. The van der Waals surface area contributed by atoms with Crippen molar-refractivity contribution in [1.29, 1.82) is 0 Å². The summed E-state index contributed by atoms with van der Waals surface area (Å²) in [4.78, 5) is 33.4. The van der Waals surface area contributed by atoms with Crippen molar-refractivity contribution in [3.05, 3.63) is 54.1 Å². The number of piperazine rings is 1. The molecule has 2 amide bonds. The minimum Gasteiger partial charge on any atom is -0.369 e. The second-order valence-electron chi connectivity index (χ2n) is 9.69. The molecule has 2 aromatic rings. The van der Waals surface area contributed by atoms with Gasteiger partial charge in [-0.2, -0.15) is 0 Å². The van der Waals surface area contributed by atoms with Crippen LogP contribution >= 0.6 is 0 Å². The largest absolute Gasteiger partial charge is 0.369 e. The predicted octanol–water partition coefficient (Wildman–Crippen LogP) is 3.77. The van der Waals surface area contributed by atoms with E-state index in [1.807, 2.05) is 35.2 Å².